The van der Waals surface area contributed by atoms with Crippen molar-refractivity contribution in [3.63, 3.8) is 0 Å². The molecule has 3 nitrogen and oxygen atoms in total. The summed E-state index contributed by atoms with van der Waals surface area (Å²) in [5.41, 5.74) is 0.914. The van der Waals surface area contributed by atoms with Crippen LogP contribution in [0, 0.1) is 0 Å². The fraction of sp³-hybridized carbons (Fsp3) is 0.417. The Hall–Kier alpha value is -1.16. The third-order valence-corrected chi connectivity index (χ3v) is 3.67. The SMILES string of the molecule is CCCCS(=O)Cc1ccccc1C(=O)O. The molecule has 1 aromatic rings. The molecule has 0 radical (unpaired) electrons. The Bertz CT molecular complexity index is 388. The minimum Gasteiger partial charge on any atom is -0.478 e. The van der Waals surface area contributed by atoms with Crippen molar-refractivity contribution in [1.82, 2.24) is 0 Å². The molecule has 16 heavy (non-hydrogen) atoms. The Labute approximate surface area is 98.0 Å². The summed E-state index contributed by atoms with van der Waals surface area (Å²) in [5.74, 6) is 0.0236. The Kier molecular flexibility index (Phi) is 5.19. The zero-order chi connectivity index (χ0) is 12.0. The molecule has 88 valence electrons. The maximum Gasteiger partial charge on any atom is 0.335 e. The van der Waals surface area contributed by atoms with Crippen molar-refractivity contribution in [3.8, 4) is 0 Å². The molecule has 1 atom stereocenters. The van der Waals surface area contributed by atoms with E-state index >= 15 is 0 Å². The van der Waals surface area contributed by atoms with Crippen molar-refractivity contribution in [2.75, 3.05) is 5.75 Å². The van der Waals surface area contributed by atoms with E-state index in [-0.39, 0.29) is 5.56 Å². The largest absolute Gasteiger partial charge is 0.478 e. The highest BCUT2D eigenvalue weighted by atomic mass is 32.2. The molecule has 0 aliphatic carbocycles. The summed E-state index contributed by atoms with van der Waals surface area (Å²) < 4.78 is 11.7. The second kappa shape index (κ2) is 6.43. The lowest BCUT2D eigenvalue weighted by Crippen LogP contribution is -2.07. The lowest BCUT2D eigenvalue weighted by atomic mass is 10.1. The lowest BCUT2D eigenvalue weighted by molar-refractivity contribution is 0.0696. The molecule has 0 saturated heterocycles. The fourth-order valence-electron chi connectivity index (χ4n) is 1.41. The van der Waals surface area contributed by atoms with Gasteiger partial charge in [0.15, 0.2) is 0 Å². The summed E-state index contributed by atoms with van der Waals surface area (Å²) >= 11 is 0. The maximum absolute atomic E-state index is 11.7. The van der Waals surface area contributed by atoms with Crippen molar-refractivity contribution < 1.29 is 14.1 Å². The van der Waals surface area contributed by atoms with E-state index in [1.807, 2.05) is 6.92 Å². The van der Waals surface area contributed by atoms with Crippen molar-refractivity contribution >= 4 is 16.8 Å². The molecule has 1 N–H and O–H groups in total. The molecule has 0 heterocycles. The van der Waals surface area contributed by atoms with Crippen molar-refractivity contribution in [2.24, 2.45) is 0 Å². The average molecular weight is 240 g/mol. The van der Waals surface area contributed by atoms with Crippen LogP contribution in [0.3, 0.4) is 0 Å². The van der Waals surface area contributed by atoms with Crippen LogP contribution in [0.1, 0.15) is 35.7 Å². The van der Waals surface area contributed by atoms with Crippen LogP contribution in [-0.4, -0.2) is 21.0 Å². The number of rotatable bonds is 6. The van der Waals surface area contributed by atoms with Gasteiger partial charge in [-0.2, -0.15) is 0 Å². The first-order valence-electron chi connectivity index (χ1n) is 5.31. The molecule has 0 aliphatic heterocycles. The number of unbranched alkanes of at least 4 members (excludes halogenated alkanes) is 1. The van der Waals surface area contributed by atoms with Crippen LogP contribution in [0.5, 0.6) is 0 Å². The quantitative estimate of drug-likeness (QED) is 0.831. The molecule has 1 aromatic carbocycles. The van der Waals surface area contributed by atoms with Crippen LogP contribution in [0.15, 0.2) is 24.3 Å². The molecule has 0 saturated carbocycles. The topological polar surface area (TPSA) is 54.4 Å². The second-order valence-electron chi connectivity index (χ2n) is 3.60. The fourth-order valence-corrected chi connectivity index (χ4v) is 2.76. The maximum atomic E-state index is 11.7. The monoisotopic (exact) mass is 240 g/mol. The van der Waals surface area contributed by atoms with E-state index in [1.54, 1.807) is 24.3 Å². The van der Waals surface area contributed by atoms with Gasteiger partial charge in [-0.15, -0.1) is 0 Å². The number of carboxylic acids is 1. The average Bonchev–Trinajstić information content (AvgIpc) is 2.27. The molecule has 1 rings (SSSR count). The standard InChI is InChI=1S/C12H16O3S/c1-2-3-8-16(15)9-10-6-4-5-7-11(10)12(13)14/h4-7H,2-3,8-9H2,1H3,(H,13,14). The van der Waals surface area contributed by atoms with Gasteiger partial charge in [-0.1, -0.05) is 31.5 Å². The number of aromatic carboxylic acids is 1. The van der Waals surface area contributed by atoms with Gasteiger partial charge in [-0.05, 0) is 18.1 Å². The highest BCUT2D eigenvalue weighted by molar-refractivity contribution is 7.84. The van der Waals surface area contributed by atoms with Gasteiger partial charge in [0, 0.05) is 22.3 Å². The number of benzene rings is 1. The molecule has 0 spiro atoms. The summed E-state index contributed by atoms with van der Waals surface area (Å²) in [6.07, 6.45) is 1.92. The van der Waals surface area contributed by atoms with Gasteiger partial charge >= 0.3 is 5.97 Å². The van der Waals surface area contributed by atoms with Gasteiger partial charge in [0.05, 0.1) is 5.56 Å². The van der Waals surface area contributed by atoms with Crippen molar-refractivity contribution in [2.45, 2.75) is 25.5 Å². The Morgan fingerprint density at radius 1 is 1.38 bits per heavy atom. The van der Waals surface area contributed by atoms with Gasteiger partial charge in [0.2, 0.25) is 0 Å². The molecule has 1 unspecified atom stereocenters. The molecule has 0 bridgehead atoms. The van der Waals surface area contributed by atoms with E-state index in [4.69, 9.17) is 5.11 Å². The smallest absolute Gasteiger partial charge is 0.335 e. The van der Waals surface area contributed by atoms with Gasteiger partial charge in [0.25, 0.3) is 0 Å². The zero-order valence-corrected chi connectivity index (χ0v) is 10.1. The molecular formula is C12H16O3S. The molecule has 0 fully saturated rings. The Morgan fingerprint density at radius 3 is 2.69 bits per heavy atom. The number of hydrogen-bond acceptors (Lipinski definition) is 2. The van der Waals surface area contributed by atoms with Crippen LogP contribution in [0.4, 0.5) is 0 Å². The normalized spacial score (nSPS) is 12.3. The van der Waals surface area contributed by atoms with Crippen LogP contribution < -0.4 is 0 Å². The van der Waals surface area contributed by atoms with Crippen LogP contribution >= 0.6 is 0 Å². The van der Waals surface area contributed by atoms with Crippen LogP contribution in [-0.2, 0) is 16.6 Å². The van der Waals surface area contributed by atoms with Gasteiger partial charge in [-0.3, -0.25) is 4.21 Å². The first-order chi connectivity index (χ1) is 7.65. The minimum absolute atomic E-state index is 0.257. The van der Waals surface area contributed by atoms with E-state index in [0.717, 1.165) is 12.8 Å². The minimum atomic E-state index is -0.961. The second-order valence-corrected chi connectivity index (χ2v) is 5.18. The number of carboxylic acid groups (broad SMARTS) is 1. The summed E-state index contributed by atoms with van der Waals surface area (Å²) in [6.45, 7) is 2.04. The van der Waals surface area contributed by atoms with Gasteiger partial charge in [-0.25, -0.2) is 4.79 Å². The number of carbonyl (C=O) groups is 1. The predicted octanol–water partition coefficient (Wildman–Crippen LogP) is 2.43. The summed E-state index contributed by atoms with van der Waals surface area (Å²) in [7, 11) is -0.961. The van der Waals surface area contributed by atoms with E-state index < -0.39 is 16.8 Å². The van der Waals surface area contributed by atoms with E-state index in [9.17, 15) is 9.00 Å². The molecular weight excluding hydrogens is 224 g/mol. The Balaban J connectivity index is 2.73. The first-order valence-corrected chi connectivity index (χ1v) is 6.80. The van der Waals surface area contributed by atoms with E-state index in [1.165, 1.54) is 0 Å². The van der Waals surface area contributed by atoms with Crippen molar-refractivity contribution in [1.29, 1.82) is 0 Å². The first kappa shape index (κ1) is 12.9. The molecule has 0 aliphatic rings. The third-order valence-electron chi connectivity index (χ3n) is 2.29. The van der Waals surface area contributed by atoms with E-state index in [2.05, 4.69) is 0 Å². The van der Waals surface area contributed by atoms with Crippen molar-refractivity contribution in [3.05, 3.63) is 35.4 Å². The number of hydrogen-bond donors (Lipinski definition) is 1. The van der Waals surface area contributed by atoms with Crippen LogP contribution in [0.25, 0.3) is 0 Å². The Morgan fingerprint density at radius 2 is 2.06 bits per heavy atom. The highest BCUT2D eigenvalue weighted by Crippen LogP contribution is 2.12. The summed E-state index contributed by atoms with van der Waals surface area (Å²) in [4.78, 5) is 10.9. The zero-order valence-electron chi connectivity index (χ0n) is 9.31. The van der Waals surface area contributed by atoms with Gasteiger partial charge in [0.1, 0.15) is 0 Å². The molecule has 4 heteroatoms. The summed E-state index contributed by atoms with van der Waals surface area (Å²) in [5, 5.41) is 8.96. The summed E-state index contributed by atoms with van der Waals surface area (Å²) in [6, 6.07) is 6.74. The molecule has 0 aromatic heterocycles. The van der Waals surface area contributed by atoms with E-state index in [0.29, 0.717) is 17.1 Å². The third kappa shape index (κ3) is 3.77. The van der Waals surface area contributed by atoms with Crippen LogP contribution in [0.2, 0.25) is 0 Å². The predicted molar refractivity (Wildman–Crippen MR) is 65.0 cm³/mol. The molecule has 0 amide bonds. The lowest BCUT2D eigenvalue weighted by Gasteiger charge is -2.05. The highest BCUT2D eigenvalue weighted by Gasteiger charge is 2.11. The van der Waals surface area contributed by atoms with Gasteiger partial charge < -0.3 is 5.11 Å².